The smallest absolute Gasteiger partial charge is 0.0709 e. The van der Waals surface area contributed by atoms with Gasteiger partial charge in [-0.05, 0) is 84.9 Å². The van der Waals surface area contributed by atoms with E-state index in [4.69, 9.17) is 0 Å². The van der Waals surface area contributed by atoms with Crippen molar-refractivity contribution in [2.24, 2.45) is 0 Å². The van der Waals surface area contributed by atoms with Gasteiger partial charge in [-0.25, -0.2) is 4.98 Å². The first-order valence-corrected chi connectivity index (χ1v) is 20.8. The molecular weight excluding hydrogens is 685 g/mol. The third kappa shape index (κ3) is 18.9. The molecule has 0 fully saturated rings. The number of unbranched alkanes of at least 4 members (excludes halogenated alkanes) is 13. The van der Waals surface area contributed by atoms with Gasteiger partial charge in [-0.1, -0.05) is 169 Å². The molecule has 0 saturated heterocycles. The van der Waals surface area contributed by atoms with Crippen LogP contribution in [0.2, 0.25) is 0 Å². The van der Waals surface area contributed by atoms with Gasteiger partial charge >= 0.3 is 0 Å². The summed E-state index contributed by atoms with van der Waals surface area (Å²) in [6.45, 7) is 4.63. The minimum absolute atomic E-state index is 0.741. The molecule has 0 radical (unpaired) electrons. The molecule has 0 N–H and O–H groups in total. The van der Waals surface area contributed by atoms with Crippen LogP contribution in [0.15, 0.2) is 54.6 Å². The van der Waals surface area contributed by atoms with E-state index in [0.717, 1.165) is 27.0 Å². The highest BCUT2D eigenvalue weighted by Gasteiger charge is 2.16. The molecule has 0 amide bonds. The Labute approximate surface area is 305 Å². The summed E-state index contributed by atoms with van der Waals surface area (Å²) >= 11 is 2.73. The van der Waals surface area contributed by atoms with Crippen LogP contribution in [-0.2, 0) is 0 Å². The minimum atomic E-state index is 0.741. The molecule has 0 saturated carbocycles. The largest absolute Gasteiger partial charge is 0.306 e. The van der Waals surface area contributed by atoms with Gasteiger partial charge in [0.25, 0.3) is 0 Å². The number of alkyl halides is 1. The summed E-state index contributed by atoms with van der Waals surface area (Å²) in [6, 6.07) is 20.1. The third-order valence-corrected chi connectivity index (χ3v) is 11.4. The Balaban J connectivity index is 0.000000443. The number of nitrogens with zero attached hydrogens (tertiary/aromatic N) is 3. The number of hydrogen-bond acceptors (Lipinski definition) is 3. The first-order valence-electron chi connectivity index (χ1n) is 19.6. The summed E-state index contributed by atoms with van der Waals surface area (Å²) in [6.07, 6.45) is 30.0. The SMILES string of the molecule is CCCCCCCCCCCCCCCCC(I)CCCC(CCC(CC)N(C)C)N(C)C.c1ccc2nc3ccccc3cc2c1. The Morgan fingerprint density at radius 3 is 1.40 bits per heavy atom. The lowest BCUT2D eigenvalue weighted by atomic mass is 9.97. The van der Waals surface area contributed by atoms with Gasteiger partial charge in [-0.2, -0.15) is 0 Å². The normalized spacial score (nSPS) is 13.6. The lowest BCUT2D eigenvalue weighted by Crippen LogP contribution is -2.32. The second-order valence-corrected chi connectivity index (χ2v) is 16.3. The summed E-state index contributed by atoms with van der Waals surface area (Å²) in [4.78, 5) is 9.45. The Morgan fingerprint density at radius 1 is 0.511 bits per heavy atom. The van der Waals surface area contributed by atoms with Gasteiger partial charge < -0.3 is 9.80 Å². The van der Waals surface area contributed by atoms with Crippen molar-refractivity contribution in [1.82, 2.24) is 14.8 Å². The second-order valence-electron chi connectivity index (χ2n) is 14.5. The molecule has 3 atom stereocenters. The molecule has 266 valence electrons. The number of aromatic nitrogens is 1. The molecule has 3 aromatic rings. The fourth-order valence-electron chi connectivity index (χ4n) is 6.87. The molecule has 3 nitrogen and oxygen atoms in total. The highest BCUT2D eigenvalue weighted by atomic mass is 127. The van der Waals surface area contributed by atoms with Gasteiger partial charge in [0.05, 0.1) is 11.0 Å². The average molecular weight is 758 g/mol. The maximum Gasteiger partial charge on any atom is 0.0709 e. The van der Waals surface area contributed by atoms with E-state index >= 15 is 0 Å². The van der Waals surface area contributed by atoms with E-state index in [1.807, 2.05) is 36.4 Å². The van der Waals surface area contributed by atoms with Gasteiger partial charge in [0, 0.05) is 26.8 Å². The summed E-state index contributed by atoms with van der Waals surface area (Å²) < 4.78 is 0.882. The maximum absolute atomic E-state index is 4.58. The maximum atomic E-state index is 4.58. The molecule has 3 unspecified atom stereocenters. The van der Waals surface area contributed by atoms with E-state index in [1.165, 1.54) is 146 Å². The van der Waals surface area contributed by atoms with Gasteiger partial charge in [0.2, 0.25) is 0 Å². The van der Waals surface area contributed by atoms with E-state index < -0.39 is 0 Å². The fraction of sp³-hybridized carbons (Fsp3) is 0.698. The minimum Gasteiger partial charge on any atom is -0.306 e. The highest BCUT2D eigenvalue weighted by Crippen LogP contribution is 2.23. The number of hydrogen-bond donors (Lipinski definition) is 0. The highest BCUT2D eigenvalue weighted by molar-refractivity contribution is 14.1. The first kappa shape index (κ1) is 41.9. The molecule has 0 bridgehead atoms. The number of halogens is 1. The molecule has 47 heavy (non-hydrogen) atoms. The summed E-state index contributed by atoms with van der Waals surface area (Å²) in [5, 5.41) is 2.40. The molecule has 3 rings (SSSR count). The predicted molar refractivity (Wildman–Crippen MR) is 220 cm³/mol. The fourth-order valence-corrected chi connectivity index (χ4v) is 7.75. The molecule has 0 aliphatic heterocycles. The van der Waals surface area contributed by atoms with Crippen LogP contribution in [-0.4, -0.2) is 59.0 Å². The van der Waals surface area contributed by atoms with Crippen molar-refractivity contribution >= 4 is 44.4 Å². The zero-order chi connectivity index (χ0) is 34.1. The van der Waals surface area contributed by atoms with Gasteiger partial charge in [0.15, 0.2) is 0 Å². The molecule has 1 heterocycles. The van der Waals surface area contributed by atoms with E-state index in [-0.39, 0.29) is 0 Å². The Morgan fingerprint density at radius 2 is 0.936 bits per heavy atom. The molecule has 2 aromatic carbocycles. The molecular formula is C43H72IN3. The molecule has 0 spiro atoms. The summed E-state index contributed by atoms with van der Waals surface area (Å²) in [5.41, 5.74) is 2.12. The van der Waals surface area contributed by atoms with Crippen molar-refractivity contribution in [2.75, 3.05) is 28.2 Å². The lowest BCUT2D eigenvalue weighted by Gasteiger charge is -2.29. The van der Waals surface area contributed by atoms with Crippen LogP contribution in [0, 0.1) is 0 Å². The zero-order valence-electron chi connectivity index (χ0n) is 31.5. The topological polar surface area (TPSA) is 19.4 Å². The molecule has 0 aliphatic carbocycles. The van der Waals surface area contributed by atoms with Crippen molar-refractivity contribution < 1.29 is 0 Å². The number of fused-ring (bicyclic) bond motifs is 2. The third-order valence-electron chi connectivity index (χ3n) is 10.1. The summed E-state index contributed by atoms with van der Waals surface area (Å²) in [5.74, 6) is 0. The van der Waals surface area contributed by atoms with E-state index in [2.05, 4.69) is 97.6 Å². The summed E-state index contributed by atoms with van der Waals surface area (Å²) in [7, 11) is 9.02. The van der Waals surface area contributed by atoms with E-state index in [0.29, 0.717) is 0 Å². The molecule has 0 aliphatic rings. The number of rotatable bonds is 25. The van der Waals surface area contributed by atoms with Crippen LogP contribution in [0.1, 0.15) is 149 Å². The first-order chi connectivity index (χ1) is 22.8. The predicted octanol–water partition coefficient (Wildman–Crippen LogP) is 13.3. The number of pyridine rings is 1. The quantitative estimate of drug-likeness (QED) is 0.0371. The average Bonchev–Trinajstić information content (AvgIpc) is 3.07. The van der Waals surface area contributed by atoms with Crippen molar-refractivity contribution in [3.05, 3.63) is 54.6 Å². The van der Waals surface area contributed by atoms with E-state index in [9.17, 15) is 0 Å². The van der Waals surface area contributed by atoms with Crippen molar-refractivity contribution in [2.45, 2.75) is 165 Å². The van der Waals surface area contributed by atoms with Gasteiger partial charge in [-0.15, -0.1) is 0 Å². The molecule has 4 heteroatoms. The Hall–Kier alpha value is -1.24. The monoisotopic (exact) mass is 757 g/mol. The second kappa shape index (κ2) is 26.6. The van der Waals surface area contributed by atoms with Crippen molar-refractivity contribution in [1.29, 1.82) is 0 Å². The van der Waals surface area contributed by atoms with Crippen molar-refractivity contribution in [3.63, 3.8) is 0 Å². The molecule has 1 aromatic heterocycles. The zero-order valence-corrected chi connectivity index (χ0v) is 33.7. The van der Waals surface area contributed by atoms with Crippen LogP contribution < -0.4 is 0 Å². The van der Waals surface area contributed by atoms with Gasteiger partial charge in [-0.3, -0.25) is 0 Å². The van der Waals surface area contributed by atoms with Crippen molar-refractivity contribution in [3.8, 4) is 0 Å². The van der Waals surface area contributed by atoms with E-state index in [1.54, 1.807) is 0 Å². The van der Waals surface area contributed by atoms with Crippen LogP contribution >= 0.6 is 22.6 Å². The van der Waals surface area contributed by atoms with Crippen LogP contribution in [0.4, 0.5) is 0 Å². The van der Waals surface area contributed by atoms with Crippen LogP contribution in [0.5, 0.6) is 0 Å². The number of para-hydroxylation sites is 2. The Kier molecular flexibility index (Phi) is 23.7. The lowest BCUT2D eigenvalue weighted by molar-refractivity contribution is 0.211. The Bertz CT molecular complexity index is 1060. The van der Waals surface area contributed by atoms with Crippen LogP contribution in [0.25, 0.3) is 21.8 Å². The van der Waals surface area contributed by atoms with Gasteiger partial charge in [0.1, 0.15) is 0 Å². The standard InChI is InChI=1S/C30H63IN2.C13H9N/c1-7-9-10-11-12-13-14-15-16-17-18-19-20-21-23-28(31)24-22-25-30(33(5)6)27-26-29(8-2)32(3)4;1-3-7-12-10(5-1)9-11-6-2-4-8-13(11)14-12/h28-30H,7-27H2,1-6H3;1-9H. The number of benzene rings is 2. The van der Waals surface area contributed by atoms with Crippen LogP contribution in [0.3, 0.4) is 0 Å².